The van der Waals surface area contributed by atoms with Crippen molar-refractivity contribution < 1.29 is 19.8 Å². The van der Waals surface area contributed by atoms with Crippen molar-refractivity contribution in [3.63, 3.8) is 0 Å². The monoisotopic (exact) mass is 469 g/mol. The second-order valence-electron chi connectivity index (χ2n) is 8.95. The van der Waals surface area contributed by atoms with Crippen LogP contribution in [0.3, 0.4) is 0 Å². The molecule has 3 rings (SSSR count). The van der Waals surface area contributed by atoms with Crippen LogP contribution < -0.4 is 0 Å². The number of amides is 1. The van der Waals surface area contributed by atoms with Gasteiger partial charge in [0.1, 0.15) is 4.88 Å². The van der Waals surface area contributed by atoms with Gasteiger partial charge in [0.25, 0.3) is 0 Å². The second kappa shape index (κ2) is 12.7. The van der Waals surface area contributed by atoms with Gasteiger partial charge in [0.15, 0.2) is 0 Å². The lowest BCUT2D eigenvalue weighted by Crippen LogP contribution is -2.33. The summed E-state index contributed by atoms with van der Waals surface area (Å²) in [6.45, 7) is 2.74. The fourth-order valence-electron chi connectivity index (χ4n) is 4.34. The molecular weight excluding hydrogens is 434 g/mol. The van der Waals surface area contributed by atoms with Crippen LogP contribution in [-0.4, -0.2) is 45.7 Å². The zero-order chi connectivity index (χ0) is 23.6. The van der Waals surface area contributed by atoms with Crippen LogP contribution in [0.25, 0.3) is 0 Å². The van der Waals surface area contributed by atoms with Crippen LogP contribution in [0.4, 0.5) is 0 Å². The number of carboxylic acids is 1. The standard InChI is InChI=1S/C27H35NO4S/c1-20(8-5-6-11-21-9-3-2-4-10-21)24(29)16-13-22-14-18-26(30)28(22)19-7-12-23-15-17-25(33-23)27(31)32/h2-4,9-10,13,15-17,20,22,24,29H,5-8,11-12,14,18-19H2,1H3,(H,31,32)/b16-13+/t20-,22+,24+/m1/s1. The largest absolute Gasteiger partial charge is 0.477 e. The minimum atomic E-state index is -0.893. The van der Waals surface area contributed by atoms with E-state index in [1.165, 1.54) is 16.9 Å². The molecule has 0 saturated carbocycles. The van der Waals surface area contributed by atoms with Gasteiger partial charge in [-0.2, -0.15) is 0 Å². The van der Waals surface area contributed by atoms with Crippen molar-refractivity contribution in [2.45, 2.75) is 70.4 Å². The van der Waals surface area contributed by atoms with E-state index < -0.39 is 12.1 Å². The Morgan fingerprint density at radius 3 is 2.67 bits per heavy atom. The summed E-state index contributed by atoms with van der Waals surface area (Å²) < 4.78 is 0. The Bertz CT molecular complexity index is 923. The highest BCUT2D eigenvalue weighted by molar-refractivity contribution is 7.13. The first-order chi connectivity index (χ1) is 15.9. The number of carboxylic acid groups (broad SMARTS) is 1. The summed E-state index contributed by atoms with van der Waals surface area (Å²) in [5.74, 6) is -0.550. The molecule has 0 unspecified atom stereocenters. The molecule has 0 aliphatic carbocycles. The molecular formula is C27H35NO4S. The minimum Gasteiger partial charge on any atom is -0.477 e. The van der Waals surface area contributed by atoms with E-state index in [0.717, 1.165) is 49.8 Å². The van der Waals surface area contributed by atoms with Crippen molar-refractivity contribution in [3.05, 3.63) is 69.9 Å². The molecule has 6 heteroatoms. The molecule has 1 aliphatic rings. The first kappa shape index (κ1) is 25.2. The molecule has 1 aromatic carbocycles. The molecule has 1 saturated heterocycles. The number of carbonyl (C=O) groups is 2. The van der Waals surface area contributed by atoms with Gasteiger partial charge in [-0.1, -0.05) is 55.8 Å². The molecule has 1 amide bonds. The number of likely N-dealkylation sites (tertiary alicyclic amines) is 1. The van der Waals surface area contributed by atoms with E-state index in [-0.39, 0.29) is 17.9 Å². The molecule has 0 radical (unpaired) electrons. The third-order valence-electron chi connectivity index (χ3n) is 6.40. The Morgan fingerprint density at radius 1 is 1.15 bits per heavy atom. The Kier molecular flexibility index (Phi) is 9.70. The Balaban J connectivity index is 1.40. The van der Waals surface area contributed by atoms with Gasteiger partial charge in [-0.05, 0) is 62.1 Å². The minimum absolute atomic E-state index is 0.0374. The van der Waals surface area contributed by atoms with Crippen molar-refractivity contribution in [2.24, 2.45) is 5.92 Å². The number of hydrogen-bond acceptors (Lipinski definition) is 4. The summed E-state index contributed by atoms with van der Waals surface area (Å²) >= 11 is 1.30. The number of unbranched alkanes of at least 4 members (excludes halogenated alkanes) is 1. The molecule has 2 N–H and O–H groups in total. The van der Waals surface area contributed by atoms with Gasteiger partial charge in [0.2, 0.25) is 5.91 Å². The van der Waals surface area contributed by atoms with Gasteiger partial charge in [-0.3, -0.25) is 4.79 Å². The maximum absolute atomic E-state index is 12.3. The first-order valence-electron chi connectivity index (χ1n) is 12.0. The highest BCUT2D eigenvalue weighted by Crippen LogP contribution is 2.23. The summed E-state index contributed by atoms with van der Waals surface area (Å²) in [7, 11) is 0. The van der Waals surface area contributed by atoms with Gasteiger partial charge < -0.3 is 15.1 Å². The number of aryl methyl sites for hydroxylation is 2. The molecule has 33 heavy (non-hydrogen) atoms. The van der Waals surface area contributed by atoms with Crippen molar-refractivity contribution in [2.75, 3.05) is 6.54 Å². The molecule has 5 nitrogen and oxygen atoms in total. The summed E-state index contributed by atoms with van der Waals surface area (Å²) in [6.07, 6.45) is 10.5. The molecule has 1 fully saturated rings. The Labute approximate surface area is 200 Å². The van der Waals surface area contributed by atoms with Crippen LogP contribution in [0, 0.1) is 5.92 Å². The van der Waals surface area contributed by atoms with Crippen LogP contribution in [0.1, 0.15) is 65.6 Å². The Morgan fingerprint density at radius 2 is 1.94 bits per heavy atom. The highest BCUT2D eigenvalue weighted by Gasteiger charge is 2.28. The van der Waals surface area contributed by atoms with Gasteiger partial charge >= 0.3 is 5.97 Å². The maximum atomic E-state index is 12.3. The number of thiophene rings is 1. The SMILES string of the molecule is C[C@H](CCCCc1ccccc1)[C@@H](O)/C=C/[C@H]1CCC(=O)N1CCCc1ccc(C(=O)O)s1. The molecule has 1 aliphatic heterocycles. The van der Waals surface area contributed by atoms with E-state index in [0.29, 0.717) is 17.8 Å². The van der Waals surface area contributed by atoms with Crippen molar-refractivity contribution >= 4 is 23.2 Å². The maximum Gasteiger partial charge on any atom is 0.345 e. The number of nitrogens with zero attached hydrogens (tertiary/aromatic N) is 1. The number of carbonyl (C=O) groups excluding carboxylic acids is 1. The predicted molar refractivity (Wildman–Crippen MR) is 133 cm³/mol. The zero-order valence-electron chi connectivity index (χ0n) is 19.4. The molecule has 1 aromatic heterocycles. The van der Waals surface area contributed by atoms with E-state index in [1.54, 1.807) is 6.07 Å². The molecule has 178 valence electrons. The van der Waals surface area contributed by atoms with Crippen LogP contribution in [0.2, 0.25) is 0 Å². The average molecular weight is 470 g/mol. The highest BCUT2D eigenvalue weighted by atomic mass is 32.1. The van der Waals surface area contributed by atoms with E-state index >= 15 is 0 Å². The van der Waals surface area contributed by atoms with Crippen LogP contribution in [0.5, 0.6) is 0 Å². The van der Waals surface area contributed by atoms with Crippen molar-refractivity contribution in [3.8, 4) is 0 Å². The number of benzene rings is 1. The first-order valence-corrected chi connectivity index (χ1v) is 12.8. The van der Waals surface area contributed by atoms with E-state index in [2.05, 4.69) is 31.2 Å². The number of aromatic carboxylic acids is 1. The summed E-state index contributed by atoms with van der Waals surface area (Å²) in [4.78, 5) is 26.7. The quantitative estimate of drug-likeness (QED) is 0.307. The van der Waals surface area contributed by atoms with Gasteiger partial charge in [0, 0.05) is 17.8 Å². The third kappa shape index (κ3) is 7.83. The number of aliphatic hydroxyl groups excluding tert-OH is 1. The lowest BCUT2D eigenvalue weighted by molar-refractivity contribution is -0.128. The summed E-state index contributed by atoms with van der Waals surface area (Å²) in [6, 6.07) is 14.0. The predicted octanol–water partition coefficient (Wildman–Crippen LogP) is 5.34. The molecule has 2 heterocycles. The van der Waals surface area contributed by atoms with E-state index in [4.69, 9.17) is 5.11 Å². The van der Waals surface area contributed by atoms with Gasteiger partial charge in [0.05, 0.1) is 12.1 Å². The fraction of sp³-hybridized carbons (Fsp3) is 0.481. The number of aliphatic hydroxyl groups is 1. The van der Waals surface area contributed by atoms with Crippen molar-refractivity contribution in [1.29, 1.82) is 0 Å². The Hall–Kier alpha value is -2.44. The smallest absolute Gasteiger partial charge is 0.345 e. The van der Waals surface area contributed by atoms with Crippen LogP contribution in [-0.2, 0) is 17.6 Å². The second-order valence-corrected chi connectivity index (χ2v) is 10.1. The van der Waals surface area contributed by atoms with E-state index in [9.17, 15) is 14.7 Å². The van der Waals surface area contributed by atoms with Gasteiger partial charge in [-0.15, -0.1) is 11.3 Å². The number of rotatable bonds is 13. The lowest BCUT2D eigenvalue weighted by Gasteiger charge is -2.23. The average Bonchev–Trinajstić information content (AvgIpc) is 3.43. The molecule has 3 atom stereocenters. The topological polar surface area (TPSA) is 77.8 Å². The summed E-state index contributed by atoms with van der Waals surface area (Å²) in [5.41, 5.74) is 1.36. The number of hydrogen-bond donors (Lipinski definition) is 2. The summed E-state index contributed by atoms with van der Waals surface area (Å²) in [5, 5.41) is 19.6. The molecule has 0 bridgehead atoms. The normalized spacial score (nSPS) is 18.2. The van der Waals surface area contributed by atoms with Gasteiger partial charge in [-0.25, -0.2) is 4.79 Å². The lowest BCUT2D eigenvalue weighted by atomic mass is 9.95. The third-order valence-corrected chi connectivity index (χ3v) is 7.53. The van der Waals surface area contributed by atoms with Crippen molar-refractivity contribution in [1.82, 2.24) is 4.90 Å². The zero-order valence-corrected chi connectivity index (χ0v) is 20.2. The molecule has 0 spiro atoms. The van der Waals surface area contributed by atoms with Crippen LogP contribution >= 0.6 is 11.3 Å². The molecule has 2 aromatic rings. The van der Waals surface area contributed by atoms with E-state index in [1.807, 2.05) is 29.2 Å². The fourth-order valence-corrected chi connectivity index (χ4v) is 5.23. The van der Waals surface area contributed by atoms with Crippen LogP contribution in [0.15, 0.2) is 54.6 Å².